The van der Waals surface area contributed by atoms with Crippen molar-refractivity contribution >= 4 is 5.69 Å². The third kappa shape index (κ3) is 3.99. The van der Waals surface area contributed by atoms with Crippen LogP contribution in [0.2, 0.25) is 0 Å². The van der Waals surface area contributed by atoms with Crippen LogP contribution in [0.15, 0.2) is 0 Å². The lowest BCUT2D eigenvalue weighted by atomic mass is 9.97. The van der Waals surface area contributed by atoms with Crippen LogP contribution in [-0.2, 0) is 0 Å². The molecule has 0 aliphatic carbocycles. The average molecular weight is 265 g/mol. The van der Waals surface area contributed by atoms with Crippen LogP contribution in [0.5, 0.6) is 0 Å². The molecule has 0 aliphatic heterocycles. The zero-order valence-corrected chi connectivity index (χ0v) is 13.7. The number of aromatic nitrogens is 2. The standard InChI is InChI=1S/C16H31N3/c1-8-12(5)10-15(9-2)17-16-13(6)18-19(11(3)4)14(16)7/h11-12,15,17H,8-10H2,1-7H3. The topological polar surface area (TPSA) is 29.9 Å². The molecule has 0 saturated heterocycles. The van der Waals surface area contributed by atoms with Gasteiger partial charge in [0.05, 0.1) is 17.1 Å². The third-order valence-electron chi connectivity index (χ3n) is 4.04. The first-order chi connectivity index (χ1) is 8.90. The number of nitrogens with one attached hydrogen (secondary N) is 1. The summed E-state index contributed by atoms with van der Waals surface area (Å²) in [5, 5.41) is 8.37. The predicted molar refractivity (Wildman–Crippen MR) is 83.9 cm³/mol. The SMILES string of the molecule is CCC(C)CC(CC)Nc1c(C)nn(C(C)C)c1C. The van der Waals surface area contributed by atoms with E-state index in [1.54, 1.807) is 0 Å². The molecule has 1 aromatic heterocycles. The first-order valence-electron chi connectivity index (χ1n) is 7.72. The minimum absolute atomic E-state index is 0.420. The Bertz CT molecular complexity index is 393. The molecule has 0 aliphatic rings. The van der Waals surface area contributed by atoms with E-state index in [-0.39, 0.29) is 0 Å². The van der Waals surface area contributed by atoms with Crippen LogP contribution in [0.1, 0.15) is 71.3 Å². The lowest BCUT2D eigenvalue weighted by Gasteiger charge is -2.22. The van der Waals surface area contributed by atoms with Crippen molar-refractivity contribution < 1.29 is 0 Å². The molecule has 0 spiro atoms. The smallest absolute Gasteiger partial charge is 0.0828 e. The summed E-state index contributed by atoms with van der Waals surface area (Å²) in [5.74, 6) is 0.776. The van der Waals surface area contributed by atoms with Crippen LogP contribution >= 0.6 is 0 Å². The monoisotopic (exact) mass is 265 g/mol. The van der Waals surface area contributed by atoms with Gasteiger partial charge in [0.1, 0.15) is 0 Å². The van der Waals surface area contributed by atoms with Crippen LogP contribution in [0, 0.1) is 19.8 Å². The molecule has 2 unspecified atom stereocenters. The summed E-state index contributed by atoms with van der Waals surface area (Å²) in [6, 6.07) is 0.973. The van der Waals surface area contributed by atoms with Gasteiger partial charge in [-0.25, -0.2) is 0 Å². The van der Waals surface area contributed by atoms with Crippen molar-refractivity contribution in [3.8, 4) is 0 Å². The van der Waals surface area contributed by atoms with Crippen LogP contribution in [-0.4, -0.2) is 15.8 Å². The second kappa shape index (κ2) is 6.97. The van der Waals surface area contributed by atoms with Crippen molar-refractivity contribution in [2.75, 3.05) is 5.32 Å². The van der Waals surface area contributed by atoms with Gasteiger partial charge >= 0.3 is 0 Å². The van der Waals surface area contributed by atoms with Gasteiger partial charge in [-0.2, -0.15) is 5.10 Å². The van der Waals surface area contributed by atoms with Gasteiger partial charge in [-0.1, -0.05) is 27.2 Å². The van der Waals surface area contributed by atoms with E-state index in [0.29, 0.717) is 12.1 Å². The fourth-order valence-corrected chi connectivity index (χ4v) is 2.56. The molecule has 110 valence electrons. The Morgan fingerprint density at radius 1 is 1.11 bits per heavy atom. The molecule has 0 radical (unpaired) electrons. The van der Waals surface area contributed by atoms with Crippen LogP contribution in [0.25, 0.3) is 0 Å². The third-order valence-corrected chi connectivity index (χ3v) is 4.04. The molecule has 3 nitrogen and oxygen atoms in total. The number of aryl methyl sites for hydroxylation is 1. The van der Waals surface area contributed by atoms with Crippen molar-refractivity contribution in [1.29, 1.82) is 0 Å². The lowest BCUT2D eigenvalue weighted by molar-refractivity contribution is 0.461. The van der Waals surface area contributed by atoms with Crippen molar-refractivity contribution in [3.05, 3.63) is 11.4 Å². The number of hydrogen-bond acceptors (Lipinski definition) is 2. The highest BCUT2D eigenvalue weighted by Crippen LogP contribution is 2.25. The van der Waals surface area contributed by atoms with Gasteiger partial charge < -0.3 is 5.32 Å². The highest BCUT2D eigenvalue weighted by molar-refractivity contribution is 5.52. The van der Waals surface area contributed by atoms with Gasteiger partial charge in [0.2, 0.25) is 0 Å². The van der Waals surface area contributed by atoms with Gasteiger partial charge in [-0.3, -0.25) is 4.68 Å². The minimum Gasteiger partial charge on any atom is -0.379 e. The van der Waals surface area contributed by atoms with Crippen molar-refractivity contribution in [3.63, 3.8) is 0 Å². The normalized spacial score (nSPS) is 14.7. The second-order valence-electron chi connectivity index (χ2n) is 6.08. The Morgan fingerprint density at radius 3 is 2.16 bits per heavy atom. The molecule has 1 aromatic rings. The second-order valence-corrected chi connectivity index (χ2v) is 6.08. The molecule has 2 atom stereocenters. The van der Waals surface area contributed by atoms with Crippen molar-refractivity contribution in [2.45, 2.75) is 79.8 Å². The van der Waals surface area contributed by atoms with E-state index in [1.807, 2.05) is 0 Å². The van der Waals surface area contributed by atoms with Crippen LogP contribution in [0.3, 0.4) is 0 Å². The fourth-order valence-electron chi connectivity index (χ4n) is 2.56. The van der Waals surface area contributed by atoms with E-state index in [1.165, 1.54) is 24.2 Å². The Labute approximate surface area is 118 Å². The van der Waals surface area contributed by atoms with Gasteiger partial charge in [0.15, 0.2) is 0 Å². The molecular weight excluding hydrogens is 234 g/mol. The zero-order chi connectivity index (χ0) is 14.6. The van der Waals surface area contributed by atoms with Crippen LogP contribution < -0.4 is 5.32 Å². The zero-order valence-electron chi connectivity index (χ0n) is 13.7. The van der Waals surface area contributed by atoms with Gasteiger partial charge in [-0.05, 0) is 46.5 Å². The summed E-state index contributed by atoms with van der Waals surface area (Å²) < 4.78 is 2.12. The molecule has 1 rings (SSSR count). The summed E-state index contributed by atoms with van der Waals surface area (Å²) >= 11 is 0. The molecule has 0 aromatic carbocycles. The van der Waals surface area contributed by atoms with E-state index in [9.17, 15) is 0 Å². The largest absolute Gasteiger partial charge is 0.379 e. The van der Waals surface area contributed by atoms with Gasteiger partial charge in [0.25, 0.3) is 0 Å². The molecule has 0 bridgehead atoms. The summed E-state index contributed by atoms with van der Waals surface area (Å²) in [6.07, 6.45) is 3.65. The summed E-state index contributed by atoms with van der Waals surface area (Å²) in [6.45, 7) is 15.5. The molecular formula is C16H31N3. The van der Waals surface area contributed by atoms with E-state index in [0.717, 1.165) is 18.0 Å². The summed E-state index contributed by atoms with van der Waals surface area (Å²) in [7, 11) is 0. The lowest BCUT2D eigenvalue weighted by Crippen LogP contribution is -2.22. The predicted octanol–water partition coefficient (Wildman–Crippen LogP) is 4.71. The number of anilines is 1. The first-order valence-corrected chi connectivity index (χ1v) is 7.72. The van der Waals surface area contributed by atoms with Crippen molar-refractivity contribution in [2.24, 2.45) is 5.92 Å². The van der Waals surface area contributed by atoms with Gasteiger partial charge in [-0.15, -0.1) is 0 Å². The first kappa shape index (κ1) is 16.1. The highest BCUT2D eigenvalue weighted by atomic mass is 15.3. The van der Waals surface area contributed by atoms with Gasteiger partial charge in [0, 0.05) is 12.1 Å². The minimum atomic E-state index is 0.420. The molecule has 0 saturated carbocycles. The maximum absolute atomic E-state index is 4.65. The average Bonchev–Trinajstić information content (AvgIpc) is 2.65. The quantitative estimate of drug-likeness (QED) is 0.774. The Balaban J connectivity index is 2.85. The fraction of sp³-hybridized carbons (Fsp3) is 0.812. The summed E-state index contributed by atoms with van der Waals surface area (Å²) in [5.41, 5.74) is 3.62. The number of hydrogen-bond donors (Lipinski definition) is 1. The molecule has 1 heterocycles. The van der Waals surface area contributed by atoms with E-state index < -0.39 is 0 Å². The van der Waals surface area contributed by atoms with Crippen LogP contribution in [0.4, 0.5) is 5.69 Å². The maximum Gasteiger partial charge on any atom is 0.0828 e. The maximum atomic E-state index is 4.65. The Hall–Kier alpha value is -0.990. The molecule has 1 N–H and O–H groups in total. The number of rotatable bonds is 7. The number of nitrogens with zero attached hydrogens (tertiary/aromatic N) is 2. The van der Waals surface area contributed by atoms with E-state index in [2.05, 4.69) is 63.6 Å². The van der Waals surface area contributed by atoms with E-state index >= 15 is 0 Å². The summed E-state index contributed by atoms with van der Waals surface area (Å²) in [4.78, 5) is 0. The molecule has 0 amide bonds. The Kier molecular flexibility index (Phi) is 5.89. The van der Waals surface area contributed by atoms with Crippen molar-refractivity contribution in [1.82, 2.24) is 9.78 Å². The highest BCUT2D eigenvalue weighted by Gasteiger charge is 2.17. The molecule has 3 heteroatoms. The molecule has 19 heavy (non-hydrogen) atoms. The van der Waals surface area contributed by atoms with E-state index in [4.69, 9.17) is 0 Å². The molecule has 0 fully saturated rings. The Morgan fingerprint density at radius 2 is 1.74 bits per heavy atom.